The molecule has 0 saturated carbocycles. The first-order chi connectivity index (χ1) is 3.56. The van der Waals surface area contributed by atoms with Crippen LogP contribution in [0, 0.1) is 0 Å². The molecule has 3 heteroatoms. The van der Waals surface area contributed by atoms with Gasteiger partial charge in [-0.25, -0.2) is 8.78 Å². The van der Waals surface area contributed by atoms with Gasteiger partial charge in [-0.05, 0) is 14.0 Å². The average Bonchev–Trinajstić information content (AvgIpc) is 1.59. The van der Waals surface area contributed by atoms with Gasteiger partial charge in [-0.2, -0.15) is 0 Å². The SMILES string of the molecule is CNCCC(C)(F)F. The molecule has 0 aromatic rings. The molecule has 0 aromatic heterocycles. The van der Waals surface area contributed by atoms with E-state index in [1.54, 1.807) is 7.05 Å². The third-order valence-electron chi connectivity index (χ3n) is 0.814. The van der Waals surface area contributed by atoms with Gasteiger partial charge in [-0.1, -0.05) is 0 Å². The predicted molar refractivity (Wildman–Crippen MR) is 29.2 cm³/mol. The highest BCUT2D eigenvalue weighted by Crippen LogP contribution is 2.14. The number of halogens is 2. The van der Waals surface area contributed by atoms with Gasteiger partial charge in [0.25, 0.3) is 0 Å². The molecular formula is C5H11F2N. The quantitative estimate of drug-likeness (QED) is 0.595. The van der Waals surface area contributed by atoms with Crippen molar-refractivity contribution >= 4 is 0 Å². The molecule has 1 N–H and O–H groups in total. The maximum atomic E-state index is 11.9. The Morgan fingerprint density at radius 3 is 2.12 bits per heavy atom. The lowest BCUT2D eigenvalue weighted by molar-refractivity contribution is 0.0139. The lowest BCUT2D eigenvalue weighted by Crippen LogP contribution is -2.18. The summed E-state index contributed by atoms with van der Waals surface area (Å²) >= 11 is 0. The molecule has 8 heavy (non-hydrogen) atoms. The molecule has 0 aliphatic carbocycles. The van der Waals surface area contributed by atoms with Gasteiger partial charge in [-0.3, -0.25) is 0 Å². The highest BCUT2D eigenvalue weighted by Gasteiger charge is 2.18. The van der Waals surface area contributed by atoms with E-state index in [4.69, 9.17) is 0 Å². The van der Waals surface area contributed by atoms with E-state index in [1.165, 1.54) is 0 Å². The Bertz CT molecular complexity index is 57.9. The summed E-state index contributed by atoms with van der Waals surface area (Å²) in [6, 6.07) is 0. The molecule has 0 amide bonds. The van der Waals surface area contributed by atoms with Crippen molar-refractivity contribution in [2.45, 2.75) is 19.3 Å². The van der Waals surface area contributed by atoms with Crippen LogP contribution >= 0.6 is 0 Å². The maximum absolute atomic E-state index is 11.9. The number of alkyl halides is 2. The van der Waals surface area contributed by atoms with Crippen LogP contribution in [-0.4, -0.2) is 19.5 Å². The van der Waals surface area contributed by atoms with Crippen molar-refractivity contribution < 1.29 is 8.78 Å². The van der Waals surface area contributed by atoms with Gasteiger partial charge in [0.05, 0.1) is 0 Å². The predicted octanol–water partition coefficient (Wildman–Crippen LogP) is 1.25. The number of nitrogens with one attached hydrogen (secondary N) is 1. The number of hydrogen-bond donors (Lipinski definition) is 1. The molecule has 0 heterocycles. The fraction of sp³-hybridized carbons (Fsp3) is 1.00. The Morgan fingerprint density at radius 2 is 2.00 bits per heavy atom. The van der Waals surface area contributed by atoms with E-state index in [0.717, 1.165) is 6.92 Å². The van der Waals surface area contributed by atoms with E-state index in [2.05, 4.69) is 5.32 Å². The smallest absolute Gasteiger partial charge is 0.246 e. The molecule has 0 saturated heterocycles. The molecule has 0 aliphatic rings. The highest BCUT2D eigenvalue weighted by molar-refractivity contribution is 4.57. The van der Waals surface area contributed by atoms with Crippen LogP contribution in [0.2, 0.25) is 0 Å². The molecule has 0 radical (unpaired) electrons. The fourth-order valence-electron chi connectivity index (χ4n) is 0.344. The van der Waals surface area contributed by atoms with Crippen LogP contribution < -0.4 is 5.32 Å². The zero-order chi connectivity index (χ0) is 6.62. The Hall–Kier alpha value is -0.180. The zero-order valence-electron chi connectivity index (χ0n) is 5.17. The Balaban J connectivity index is 3.11. The molecule has 0 spiro atoms. The molecule has 0 aliphatic heterocycles. The van der Waals surface area contributed by atoms with Gasteiger partial charge in [0.1, 0.15) is 0 Å². The van der Waals surface area contributed by atoms with Gasteiger partial charge >= 0.3 is 0 Å². The molecular weight excluding hydrogens is 112 g/mol. The van der Waals surface area contributed by atoms with Crippen molar-refractivity contribution in [1.29, 1.82) is 0 Å². The minimum Gasteiger partial charge on any atom is -0.320 e. The third kappa shape index (κ3) is 5.82. The van der Waals surface area contributed by atoms with E-state index in [1.807, 2.05) is 0 Å². The van der Waals surface area contributed by atoms with E-state index in [-0.39, 0.29) is 6.42 Å². The lowest BCUT2D eigenvalue weighted by atomic mass is 10.3. The largest absolute Gasteiger partial charge is 0.320 e. The summed E-state index contributed by atoms with van der Waals surface area (Å²) in [4.78, 5) is 0. The van der Waals surface area contributed by atoms with Crippen LogP contribution in [0.25, 0.3) is 0 Å². The second-order valence-corrected chi connectivity index (χ2v) is 1.92. The summed E-state index contributed by atoms with van der Waals surface area (Å²) < 4.78 is 23.7. The molecule has 1 nitrogen and oxygen atoms in total. The fourth-order valence-corrected chi connectivity index (χ4v) is 0.344. The van der Waals surface area contributed by atoms with Crippen molar-refractivity contribution in [3.63, 3.8) is 0 Å². The maximum Gasteiger partial charge on any atom is 0.246 e. The van der Waals surface area contributed by atoms with Gasteiger partial charge in [0.2, 0.25) is 5.92 Å². The second kappa shape index (κ2) is 2.97. The van der Waals surface area contributed by atoms with Gasteiger partial charge in [0.15, 0.2) is 0 Å². The van der Waals surface area contributed by atoms with Crippen LogP contribution in [0.15, 0.2) is 0 Å². The van der Waals surface area contributed by atoms with Crippen molar-refractivity contribution in [3.8, 4) is 0 Å². The monoisotopic (exact) mass is 123 g/mol. The van der Waals surface area contributed by atoms with Gasteiger partial charge in [-0.15, -0.1) is 0 Å². The Kier molecular flexibility index (Phi) is 2.90. The van der Waals surface area contributed by atoms with Crippen LogP contribution in [0.5, 0.6) is 0 Å². The second-order valence-electron chi connectivity index (χ2n) is 1.92. The standard InChI is InChI=1S/C5H11F2N/c1-5(6,7)3-4-8-2/h8H,3-4H2,1-2H3. The molecule has 0 bridgehead atoms. The van der Waals surface area contributed by atoms with Crippen molar-refractivity contribution in [3.05, 3.63) is 0 Å². The minimum absolute atomic E-state index is 0.0799. The zero-order valence-corrected chi connectivity index (χ0v) is 5.17. The highest BCUT2D eigenvalue weighted by atomic mass is 19.3. The molecule has 0 fully saturated rings. The normalized spacial score (nSPS) is 12.0. The summed E-state index contributed by atoms with van der Waals surface area (Å²) in [5.41, 5.74) is 0. The lowest BCUT2D eigenvalue weighted by Gasteiger charge is -2.07. The molecule has 0 atom stereocenters. The topological polar surface area (TPSA) is 12.0 Å². The first-order valence-corrected chi connectivity index (χ1v) is 2.59. The minimum atomic E-state index is -2.51. The third-order valence-corrected chi connectivity index (χ3v) is 0.814. The summed E-state index contributed by atoms with van der Waals surface area (Å²) in [7, 11) is 1.66. The summed E-state index contributed by atoms with van der Waals surface area (Å²) in [6.07, 6.45) is -0.0799. The molecule has 0 aromatic carbocycles. The van der Waals surface area contributed by atoms with E-state index in [9.17, 15) is 8.78 Å². The van der Waals surface area contributed by atoms with E-state index in [0.29, 0.717) is 6.54 Å². The summed E-state index contributed by atoms with van der Waals surface area (Å²) in [5.74, 6) is -2.51. The van der Waals surface area contributed by atoms with E-state index >= 15 is 0 Å². The Morgan fingerprint density at radius 1 is 1.50 bits per heavy atom. The molecule has 50 valence electrons. The summed E-state index contributed by atoms with van der Waals surface area (Å²) in [6.45, 7) is 1.30. The van der Waals surface area contributed by atoms with Gasteiger partial charge in [0, 0.05) is 13.0 Å². The Labute approximate surface area is 48.1 Å². The van der Waals surface area contributed by atoms with Crippen LogP contribution in [0.1, 0.15) is 13.3 Å². The van der Waals surface area contributed by atoms with Crippen molar-refractivity contribution in [2.24, 2.45) is 0 Å². The van der Waals surface area contributed by atoms with Crippen molar-refractivity contribution in [1.82, 2.24) is 5.32 Å². The first-order valence-electron chi connectivity index (χ1n) is 2.59. The molecule has 0 unspecified atom stereocenters. The first kappa shape index (κ1) is 7.82. The van der Waals surface area contributed by atoms with Crippen LogP contribution in [0.3, 0.4) is 0 Å². The van der Waals surface area contributed by atoms with E-state index < -0.39 is 5.92 Å². The molecule has 0 rings (SSSR count). The average molecular weight is 123 g/mol. The number of hydrogen-bond acceptors (Lipinski definition) is 1. The van der Waals surface area contributed by atoms with Crippen molar-refractivity contribution in [2.75, 3.05) is 13.6 Å². The number of rotatable bonds is 3. The van der Waals surface area contributed by atoms with Crippen LogP contribution in [-0.2, 0) is 0 Å². The van der Waals surface area contributed by atoms with Gasteiger partial charge < -0.3 is 5.32 Å². The summed E-state index contributed by atoms with van der Waals surface area (Å²) in [5, 5.41) is 2.64. The van der Waals surface area contributed by atoms with Crippen LogP contribution in [0.4, 0.5) is 8.78 Å².